The maximum absolute atomic E-state index is 9.45. The Morgan fingerprint density at radius 2 is 0.548 bits per heavy atom. The van der Waals surface area contributed by atoms with Crippen molar-refractivity contribution in [3.63, 3.8) is 0 Å². The van der Waals surface area contributed by atoms with Gasteiger partial charge in [-0.3, -0.25) is 0 Å². The maximum atomic E-state index is 9.45. The van der Waals surface area contributed by atoms with Crippen LogP contribution in [0, 0.1) is 0 Å². The van der Waals surface area contributed by atoms with Gasteiger partial charge >= 0.3 is 0 Å². The molecular formula is C42H28. The third kappa shape index (κ3) is 3.84. The monoisotopic (exact) mass is 540 g/mol. The molecular weight excluding hydrogens is 504 g/mol. The fourth-order valence-corrected chi connectivity index (χ4v) is 6.20. The summed E-state index contributed by atoms with van der Waals surface area (Å²) in [6.45, 7) is 0. The lowest BCUT2D eigenvalue weighted by molar-refractivity contribution is 1.57. The van der Waals surface area contributed by atoms with E-state index < -0.39 is 24.2 Å². The van der Waals surface area contributed by atoms with E-state index in [1.807, 2.05) is 121 Å². The summed E-state index contributed by atoms with van der Waals surface area (Å²) in [6.07, 6.45) is 0. The molecule has 0 aliphatic carbocycles. The Morgan fingerprint density at radius 3 is 0.857 bits per heavy atom. The standard InChI is InChI=1S/C42H28/c1-5-17-29(18-6-1)37-38(30-19-7-2-8-20-30)40(32-23-11-4-12-24-32)42-36-28-16-14-26-34(36)33-25-13-15-27-35(33)41(42)39(37)31-21-9-3-10-22-31/h1-28H/i13D,14D,15D,16D,25D,26D,27D,28D. The van der Waals surface area contributed by atoms with Gasteiger partial charge in [0.15, 0.2) is 0 Å². The Bertz CT molecular complexity index is 2450. The van der Waals surface area contributed by atoms with Gasteiger partial charge in [0.05, 0.1) is 11.0 Å². The highest BCUT2D eigenvalue weighted by molar-refractivity contribution is 6.35. The molecule has 0 saturated heterocycles. The summed E-state index contributed by atoms with van der Waals surface area (Å²) in [5.41, 5.74) is 6.43. The van der Waals surface area contributed by atoms with Gasteiger partial charge < -0.3 is 0 Å². The lowest BCUT2D eigenvalue weighted by Crippen LogP contribution is -1.99. The van der Waals surface area contributed by atoms with Crippen LogP contribution in [0.5, 0.6) is 0 Å². The molecule has 0 amide bonds. The SMILES string of the molecule is [2H]c1c([2H])c([2H])c2c(c1[2H])c1c([2H])c([2H])c([2H])c([2H])c1c1c(-c3ccccc3)c(-c3ccccc3)c(-c3ccccc3)c(-c3ccccc3)c21. The van der Waals surface area contributed by atoms with Crippen LogP contribution in [0.4, 0.5) is 0 Å². The second-order valence-electron chi connectivity index (χ2n) is 10.2. The van der Waals surface area contributed by atoms with E-state index in [1.165, 1.54) is 0 Å². The molecule has 0 saturated carbocycles. The molecule has 0 bridgehead atoms. The number of rotatable bonds is 4. The summed E-state index contributed by atoms with van der Waals surface area (Å²) in [7, 11) is 0. The van der Waals surface area contributed by atoms with Crippen LogP contribution in [0.1, 0.15) is 11.0 Å². The molecule has 0 aliphatic heterocycles. The molecule has 0 aliphatic rings. The molecule has 0 N–H and O–H groups in total. The predicted octanol–water partition coefficient (Wildman–Crippen LogP) is 11.8. The number of hydrogen-bond donors (Lipinski definition) is 0. The van der Waals surface area contributed by atoms with Crippen LogP contribution in [0.3, 0.4) is 0 Å². The number of hydrogen-bond acceptors (Lipinski definition) is 0. The molecule has 8 aromatic carbocycles. The molecule has 0 spiro atoms. The highest BCUT2D eigenvalue weighted by atomic mass is 14.3. The third-order valence-corrected chi connectivity index (χ3v) is 7.87. The van der Waals surface area contributed by atoms with Crippen molar-refractivity contribution in [3.8, 4) is 44.5 Å². The summed E-state index contributed by atoms with van der Waals surface area (Å²) in [5, 5.41) is 1.52. The molecule has 0 aromatic heterocycles. The van der Waals surface area contributed by atoms with Crippen LogP contribution < -0.4 is 0 Å². The smallest absolute Gasteiger partial charge is 0.0622 e. The average Bonchev–Trinajstić information content (AvgIpc) is 3.17. The lowest BCUT2D eigenvalue weighted by Gasteiger charge is -2.26. The van der Waals surface area contributed by atoms with Crippen molar-refractivity contribution in [3.05, 3.63) is 170 Å². The second kappa shape index (κ2) is 10.2. The molecule has 0 unspecified atom stereocenters. The van der Waals surface area contributed by atoms with Crippen molar-refractivity contribution in [2.45, 2.75) is 0 Å². The normalized spacial score (nSPS) is 14.0. The van der Waals surface area contributed by atoms with Crippen molar-refractivity contribution < 1.29 is 11.0 Å². The van der Waals surface area contributed by atoms with Crippen LogP contribution in [0.15, 0.2) is 170 Å². The van der Waals surface area contributed by atoms with Crippen LogP contribution >= 0.6 is 0 Å². The fraction of sp³-hybridized carbons (Fsp3) is 0. The molecule has 0 nitrogen and oxygen atoms in total. The van der Waals surface area contributed by atoms with Gasteiger partial charge in [-0.15, -0.1) is 0 Å². The zero-order chi connectivity index (χ0) is 34.8. The average molecular weight is 541 g/mol. The summed E-state index contributed by atoms with van der Waals surface area (Å²) in [5.74, 6) is 0. The van der Waals surface area contributed by atoms with Gasteiger partial charge in [-0.25, -0.2) is 0 Å². The molecule has 0 heteroatoms. The summed E-state index contributed by atoms with van der Waals surface area (Å²) >= 11 is 0. The lowest BCUT2D eigenvalue weighted by atomic mass is 9.76. The van der Waals surface area contributed by atoms with E-state index in [0.717, 1.165) is 33.4 Å². The Balaban J connectivity index is 1.89. The Hall–Kier alpha value is -5.46. The first kappa shape index (κ1) is 17.4. The van der Waals surface area contributed by atoms with Crippen LogP contribution in [0.25, 0.3) is 76.8 Å². The fourth-order valence-electron chi connectivity index (χ4n) is 6.20. The van der Waals surface area contributed by atoms with Gasteiger partial charge in [0.25, 0.3) is 0 Å². The largest absolute Gasteiger partial charge is 0.0629 e. The topological polar surface area (TPSA) is 0 Å². The molecule has 0 radical (unpaired) electrons. The third-order valence-electron chi connectivity index (χ3n) is 7.87. The first-order chi connectivity index (χ1) is 24.2. The highest BCUT2D eigenvalue weighted by Gasteiger charge is 2.26. The van der Waals surface area contributed by atoms with E-state index in [-0.39, 0.29) is 45.7 Å². The van der Waals surface area contributed by atoms with Gasteiger partial charge in [-0.05, 0) is 76.8 Å². The van der Waals surface area contributed by atoms with Crippen molar-refractivity contribution in [2.24, 2.45) is 0 Å². The maximum Gasteiger partial charge on any atom is 0.0629 e. The minimum Gasteiger partial charge on any atom is -0.0622 e. The van der Waals surface area contributed by atoms with E-state index in [4.69, 9.17) is 5.48 Å². The van der Waals surface area contributed by atoms with Crippen molar-refractivity contribution >= 4 is 32.3 Å². The second-order valence-corrected chi connectivity index (χ2v) is 10.2. The zero-order valence-electron chi connectivity index (χ0n) is 30.5. The summed E-state index contributed by atoms with van der Waals surface area (Å²) in [4.78, 5) is 0. The van der Waals surface area contributed by atoms with E-state index in [2.05, 4.69) is 0 Å². The minimum atomic E-state index is -0.468. The van der Waals surface area contributed by atoms with Gasteiger partial charge in [0.2, 0.25) is 0 Å². The Labute approximate surface area is 257 Å². The predicted molar refractivity (Wildman–Crippen MR) is 181 cm³/mol. The minimum absolute atomic E-state index is 0.0631. The van der Waals surface area contributed by atoms with Gasteiger partial charge in [-0.2, -0.15) is 0 Å². The molecule has 42 heavy (non-hydrogen) atoms. The van der Waals surface area contributed by atoms with Crippen molar-refractivity contribution in [1.82, 2.24) is 0 Å². The zero-order valence-corrected chi connectivity index (χ0v) is 22.5. The summed E-state index contributed by atoms with van der Waals surface area (Å²) in [6, 6.07) is 36.2. The molecule has 0 fully saturated rings. The first-order valence-corrected chi connectivity index (χ1v) is 13.9. The van der Waals surface area contributed by atoms with Gasteiger partial charge in [0, 0.05) is 0 Å². The van der Waals surface area contributed by atoms with E-state index >= 15 is 0 Å². The van der Waals surface area contributed by atoms with Crippen molar-refractivity contribution in [2.75, 3.05) is 0 Å². The Morgan fingerprint density at radius 1 is 0.286 bits per heavy atom. The Kier molecular flexibility index (Phi) is 4.21. The van der Waals surface area contributed by atoms with Crippen LogP contribution in [-0.4, -0.2) is 0 Å². The molecule has 0 atom stereocenters. The van der Waals surface area contributed by atoms with Gasteiger partial charge in [-0.1, -0.05) is 170 Å². The van der Waals surface area contributed by atoms with E-state index in [9.17, 15) is 5.48 Å². The molecule has 8 aromatic rings. The molecule has 0 heterocycles. The van der Waals surface area contributed by atoms with E-state index in [0.29, 0.717) is 21.9 Å². The summed E-state index contributed by atoms with van der Waals surface area (Å²) < 4.78 is 72.5. The highest BCUT2D eigenvalue weighted by Crippen LogP contribution is 2.54. The van der Waals surface area contributed by atoms with Crippen molar-refractivity contribution in [1.29, 1.82) is 0 Å². The van der Waals surface area contributed by atoms with Crippen LogP contribution in [0.2, 0.25) is 0 Å². The number of fused-ring (bicyclic) bond motifs is 6. The molecule has 8 rings (SSSR count). The van der Waals surface area contributed by atoms with E-state index in [1.54, 1.807) is 0 Å². The molecule has 196 valence electrons. The number of benzene rings is 8. The quantitative estimate of drug-likeness (QED) is 0.195. The first-order valence-electron chi connectivity index (χ1n) is 17.9. The van der Waals surface area contributed by atoms with Gasteiger partial charge in [0.1, 0.15) is 0 Å². The van der Waals surface area contributed by atoms with Crippen LogP contribution in [-0.2, 0) is 0 Å².